The summed E-state index contributed by atoms with van der Waals surface area (Å²) in [6.07, 6.45) is 8.61. The zero-order valence-corrected chi connectivity index (χ0v) is 17.0. The molecule has 0 spiro atoms. The Labute approximate surface area is 159 Å². The molecule has 1 amide bonds. The van der Waals surface area contributed by atoms with Gasteiger partial charge in [0, 0.05) is 23.0 Å². The lowest BCUT2D eigenvalue weighted by atomic mass is 9.78. The molecule has 2 aliphatic carbocycles. The lowest BCUT2D eigenvalue weighted by Gasteiger charge is -2.34. The molecule has 0 saturated heterocycles. The van der Waals surface area contributed by atoms with Crippen molar-refractivity contribution in [1.82, 2.24) is 5.32 Å². The summed E-state index contributed by atoms with van der Waals surface area (Å²) in [7, 11) is 0. The van der Waals surface area contributed by atoms with Gasteiger partial charge in [-0.2, -0.15) is 0 Å². The second-order valence-corrected chi connectivity index (χ2v) is 7.50. The molecule has 2 aliphatic rings. The van der Waals surface area contributed by atoms with Crippen molar-refractivity contribution >= 4 is 11.6 Å². The van der Waals surface area contributed by atoms with Crippen LogP contribution in [0.5, 0.6) is 0 Å². The summed E-state index contributed by atoms with van der Waals surface area (Å²) < 4.78 is 0. The first-order valence-corrected chi connectivity index (χ1v) is 10.5. The van der Waals surface area contributed by atoms with Crippen LogP contribution in [0.25, 0.3) is 0 Å². The van der Waals surface area contributed by atoms with Gasteiger partial charge >= 0.3 is 0 Å². The lowest BCUT2D eigenvalue weighted by molar-refractivity contribution is -0.113. The normalized spacial score (nSPS) is 23.7. The predicted molar refractivity (Wildman–Crippen MR) is 111 cm³/mol. The Morgan fingerprint density at radius 1 is 0.962 bits per heavy atom. The molecule has 1 saturated carbocycles. The highest BCUT2D eigenvalue weighted by atomic mass is 16.1. The Kier molecular flexibility index (Phi) is 8.21. The first kappa shape index (κ1) is 20.5. The largest absolute Gasteiger partial charge is 0.385 e. The highest BCUT2D eigenvalue weighted by Crippen LogP contribution is 2.35. The van der Waals surface area contributed by atoms with Gasteiger partial charge in [0.2, 0.25) is 0 Å². The number of rotatable bonds is 4. The highest BCUT2D eigenvalue weighted by molar-refractivity contribution is 6.04. The van der Waals surface area contributed by atoms with Crippen molar-refractivity contribution < 1.29 is 4.79 Å². The predicted octanol–water partition coefficient (Wildman–Crippen LogP) is 5.89. The summed E-state index contributed by atoms with van der Waals surface area (Å²) in [6, 6.07) is 10.3. The molecule has 1 fully saturated rings. The molecule has 0 radical (unpaired) electrons. The zero-order valence-electron chi connectivity index (χ0n) is 17.0. The Morgan fingerprint density at radius 3 is 2.27 bits per heavy atom. The van der Waals surface area contributed by atoms with Gasteiger partial charge in [-0.05, 0) is 49.7 Å². The van der Waals surface area contributed by atoms with Crippen molar-refractivity contribution in [2.24, 2.45) is 11.8 Å². The molecule has 2 N–H and O–H groups in total. The number of anilines is 1. The van der Waals surface area contributed by atoms with Crippen LogP contribution in [0.15, 0.2) is 41.6 Å². The van der Waals surface area contributed by atoms with E-state index in [1.807, 2.05) is 44.2 Å². The molecule has 3 heteroatoms. The van der Waals surface area contributed by atoms with Gasteiger partial charge in [0.05, 0.1) is 0 Å². The molecule has 2 atom stereocenters. The molecular formula is C23H36N2O. The van der Waals surface area contributed by atoms with E-state index >= 15 is 0 Å². The number of allylic oxidation sites excluding steroid dienone is 1. The maximum absolute atomic E-state index is 13.0. The molecule has 3 nitrogen and oxygen atoms in total. The standard InChI is InChI=1S/C21H30N2O.C2H6/c1-15-13-14-19(22-17-9-5-3-6-10-17)20(16(15)2)21(24)23-18-11-7-4-8-12-18;1-2/h4,7-8,11-12,15-17,22H,3,5-6,9-10,13-14H2,1-2H3,(H,23,24);1-2H3. The molecule has 0 aromatic heterocycles. The first-order chi connectivity index (χ1) is 12.6. The third-order valence-electron chi connectivity index (χ3n) is 5.74. The number of carbonyl (C=O) groups excluding carboxylic acids is 1. The van der Waals surface area contributed by atoms with Crippen LogP contribution < -0.4 is 10.6 Å². The number of carbonyl (C=O) groups is 1. The molecular weight excluding hydrogens is 320 g/mol. The van der Waals surface area contributed by atoms with Gasteiger partial charge in [0.1, 0.15) is 0 Å². The van der Waals surface area contributed by atoms with Gasteiger partial charge in [-0.1, -0.05) is 65.2 Å². The third-order valence-corrected chi connectivity index (χ3v) is 5.74. The Morgan fingerprint density at radius 2 is 1.62 bits per heavy atom. The number of nitrogens with one attached hydrogen (secondary N) is 2. The van der Waals surface area contributed by atoms with Crippen molar-refractivity contribution in [1.29, 1.82) is 0 Å². The highest BCUT2D eigenvalue weighted by Gasteiger charge is 2.31. The van der Waals surface area contributed by atoms with E-state index in [9.17, 15) is 4.79 Å². The van der Waals surface area contributed by atoms with E-state index in [4.69, 9.17) is 0 Å². The number of benzene rings is 1. The average molecular weight is 357 g/mol. The Hall–Kier alpha value is -1.77. The molecule has 0 heterocycles. The van der Waals surface area contributed by atoms with Crippen LogP contribution in [0.4, 0.5) is 5.69 Å². The summed E-state index contributed by atoms with van der Waals surface area (Å²) in [4.78, 5) is 13.0. The molecule has 144 valence electrons. The van der Waals surface area contributed by atoms with Crippen LogP contribution in [-0.4, -0.2) is 11.9 Å². The number of hydrogen-bond donors (Lipinski definition) is 2. The summed E-state index contributed by atoms with van der Waals surface area (Å²) in [5, 5.41) is 6.84. The van der Waals surface area contributed by atoms with Gasteiger partial charge in [-0.3, -0.25) is 4.79 Å². The summed E-state index contributed by atoms with van der Waals surface area (Å²) in [6.45, 7) is 8.46. The van der Waals surface area contributed by atoms with Crippen molar-refractivity contribution in [3.63, 3.8) is 0 Å². The minimum absolute atomic E-state index is 0.0681. The van der Waals surface area contributed by atoms with Crippen molar-refractivity contribution in [3.8, 4) is 0 Å². The second-order valence-electron chi connectivity index (χ2n) is 7.50. The third kappa shape index (κ3) is 5.36. The number of amides is 1. The Balaban J connectivity index is 0.00000117. The second kappa shape index (κ2) is 10.4. The minimum atomic E-state index is 0.0681. The van der Waals surface area contributed by atoms with Crippen molar-refractivity contribution in [2.45, 2.75) is 78.7 Å². The van der Waals surface area contributed by atoms with Gasteiger partial charge < -0.3 is 10.6 Å². The van der Waals surface area contributed by atoms with Crippen LogP contribution in [0, 0.1) is 11.8 Å². The van der Waals surface area contributed by atoms with Crippen LogP contribution in [0.2, 0.25) is 0 Å². The molecule has 1 aromatic carbocycles. The summed E-state index contributed by atoms with van der Waals surface area (Å²) >= 11 is 0. The number of para-hydroxylation sites is 1. The zero-order chi connectivity index (χ0) is 18.9. The molecule has 0 aliphatic heterocycles. The maximum atomic E-state index is 13.0. The van der Waals surface area contributed by atoms with Gasteiger partial charge in [0.25, 0.3) is 5.91 Å². The van der Waals surface area contributed by atoms with Crippen LogP contribution in [-0.2, 0) is 4.79 Å². The minimum Gasteiger partial charge on any atom is -0.385 e. The van der Waals surface area contributed by atoms with Crippen molar-refractivity contribution in [2.75, 3.05) is 5.32 Å². The monoisotopic (exact) mass is 356 g/mol. The smallest absolute Gasteiger partial charge is 0.253 e. The van der Waals surface area contributed by atoms with E-state index < -0.39 is 0 Å². The summed E-state index contributed by atoms with van der Waals surface area (Å²) in [5.41, 5.74) is 3.04. The Bertz CT molecular complexity index is 587. The SMILES string of the molecule is CC.CC1CCC(NC2CCCCC2)=C(C(=O)Nc2ccccc2)C1C. The van der Waals surface area contributed by atoms with Gasteiger partial charge in [0.15, 0.2) is 0 Å². The fraction of sp³-hybridized carbons (Fsp3) is 0.609. The quantitative estimate of drug-likeness (QED) is 0.706. The molecule has 2 unspecified atom stereocenters. The summed E-state index contributed by atoms with van der Waals surface area (Å²) in [5.74, 6) is 0.922. The van der Waals surface area contributed by atoms with E-state index in [-0.39, 0.29) is 5.91 Å². The molecule has 3 rings (SSSR count). The molecule has 0 bridgehead atoms. The van der Waals surface area contributed by atoms with Crippen molar-refractivity contribution in [3.05, 3.63) is 41.6 Å². The maximum Gasteiger partial charge on any atom is 0.253 e. The number of hydrogen-bond acceptors (Lipinski definition) is 2. The molecule has 26 heavy (non-hydrogen) atoms. The van der Waals surface area contributed by atoms with E-state index in [1.54, 1.807) is 0 Å². The van der Waals surface area contributed by atoms with E-state index in [1.165, 1.54) is 44.2 Å². The topological polar surface area (TPSA) is 41.1 Å². The van der Waals surface area contributed by atoms with Crippen LogP contribution in [0.1, 0.15) is 72.6 Å². The molecule has 1 aromatic rings. The van der Waals surface area contributed by atoms with E-state index in [0.717, 1.165) is 17.7 Å². The van der Waals surface area contributed by atoms with Gasteiger partial charge in [-0.15, -0.1) is 0 Å². The average Bonchev–Trinajstić information content (AvgIpc) is 2.68. The van der Waals surface area contributed by atoms with Crippen LogP contribution >= 0.6 is 0 Å². The van der Waals surface area contributed by atoms with E-state index in [0.29, 0.717) is 17.9 Å². The van der Waals surface area contributed by atoms with Gasteiger partial charge in [-0.25, -0.2) is 0 Å². The van der Waals surface area contributed by atoms with Crippen LogP contribution in [0.3, 0.4) is 0 Å². The fourth-order valence-corrected chi connectivity index (χ4v) is 4.02. The fourth-order valence-electron chi connectivity index (χ4n) is 4.02. The van der Waals surface area contributed by atoms with E-state index in [2.05, 4.69) is 24.5 Å². The first-order valence-electron chi connectivity index (χ1n) is 10.5. The lowest BCUT2D eigenvalue weighted by Crippen LogP contribution is -2.37.